The smallest absolute Gasteiger partial charge is 0.174 e. The van der Waals surface area contributed by atoms with Gasteiger partial charge in [0.2, 0.25) is 0 Å². The highest BCUT2D eigenvalue weighted by atomic mass is 16.5. The van der Waals surface area contributed by atoms with Crippen molar-refractivity contribution in [3.8, 4) is 11.8 Å². The van der Waals surface area contributed by atoms with Crippen molar-refractivity contribution >= 4 is 5.69 Å². The van der Waals surface area contributed by atoms with Gasteiger partial charge in [-0.15, -0.1) is 0 Å². The highest BCUT2D eigenvalue weighted by Crippen LogP contribution is 2.20. The van der Waals surface area contributed by atoms with Crippen LogP contribution in [0.1, 0.15) is 0 Å². The first-order valence-electron chi connectivity index (χ1n) is 5.32. The SMILES string of the molecule is N#CCOc1ccc(N2CCOCC2)cc1. The lowest BCUT2D eigenvalue weighted by atomic mass is 10.2. The van der Waals surface area contributed by atoms with E-state index in [1.54, 1.807) is 0 Å². The number of rotatable bonds is 3. The van der Waals surface area contributed by atoms with Crippen LogP contribution >= 0.6 is 0 Å². The minimum absolute atomic E-state index is 0.0941. The molecule has 1 saturated heterocycles. The Morgan fingerprint density at radius 2 is 1.94 bits per heavy atom. The van der Waals surface area contributed by atoms with Crippen LogP contribution in [0, 0.1) is 11.3 Å². The minimum atomic E-state index is 0.0941. The number of morpholine rings is 1. The Labute approximate surface area is 95.0 Å². The first-order valence-corrected chi connectivity index (χ1v) is 5.32. The summed E-state index contributed by atoms with van der Waals surface area (Å²) in [5.74, 6) is 0.735. The zero-order valence-electron chi connectivity index (χ0n) is 9.06. The number of benzene rings is 1. The Hall–Kier alpha value is -1.73. The number of nitrogens with zero attached hydrogens (tertiary/aromatic N) is 2. The minimum Gasteiger partial charge on any atom is -0.479 e. The molecular formula is C12H14N2O2. The summed E-state index contributed by atoms with van der Waals surface area (Å²) in [5.41, 5.74) is 1.17. The molecule has 16 heavy (non-hydrogen) atoms. The fourth-order valence-corrected chi connectivity index (χ4v) is 1.69. The maximum atomic E-state index is 8.39. The summed E-state index contributed by atoms with van der Waals surface area (Å²) in [6, 6.07) is 9.75. The monoisotopic (exact) mass is 218 g/mol. The van der Waals surface area contributed by atoms with Gasteiger partial charge in [0.25, 0.3) is 0 Å². The zero-order valence-corrected chi connectivity index (χ0v) is 9.06. The molecule has 0 N–H and O–H groups in total. The molecule has 4 heteroatoms. The van der Waals surface area contributed by atoms with E-state index in [-0.39, 0.29) is 6.61 Å². The average molecular weight is 218 g/mol. The molecule has 1 aromatic carbocycles. The van der Waals surface area contributed by atoms with Gasteiger partial charge in [-0.2, -0.15) is 5.26 Å². The summed E-state index contributed by atoms with van der Waals surface area (Å²) in [5, 5.41) is 8.39. The van der Waals surface area contributed by atoms with Crippen molar-refractivity contribution in [2.45, 2.75) is 0 Å². The quantitative estimate of drug-likeness (QED) is 0.769. The van der Waals surface area contributed by atoms with Crippen LogP contribution < -0.4 is 9.64 Å². The molecule has 4 nitrogen and oxygen atoms in total. The molecule has 1 aromatic rings. The van der Waals surface area contributed by atoms with Crippen LogP contribution in [0.15, 0.2) is 24.3 Å². The van der Waals surface area contributed by atoms with Crippen LogP contribution in [-0.4, -0.2) is 32.9 Å². The molecule has 0 bridgehead atoms. The number of ether oxygens (including phenoxy) is 2. The summed E-state index contributed by atoms with van der Waals surface area (Å²) >= 11 is 0. The normalized spacial score (nSPS) is 15.6. The molecule has 0 aromatic heterocycles. The molecule has 2 rings (SSSR count). The van der Waals surface area contributed by atoms with Crippen LogP contribution in [0.2, 0.25) is 0 Å². The fraction of sp³-hybridized carbons (Fsp3) is 0.417. The van der Waals surface area contributed by atoms with Crippen molar-refractivity contribution in [3.05, 3.63) is 24.3 Å². The zero-order chi connectivity index (χ0) is 11.2. The topological polar surface area (TPSA) is 45.5 Å². The fourth-order valence-electron chi connectivity index (χ4n) is 1.69. The van der Waals surface area contributed by atoms with E-state index in [1.807, 2.05) is 30.3 Å². The lowest BCUT2D eigenvalue weighted by Gasteiger charge is -2.28. The van der Waals surface area contributed by atoms with Gasteiger partial charge < -0.3 is 14.4 Å². The number of anilines is 1. The molecule has 0 amide bonds. The van der Waals surface area contributed by atoms with Gasteiger partial charge in [-0.05, 0) is 24.3 Å². The Bertz CT molecular complexity index is 364. The molecule has 1 heterocycles. The highest BCUT2D eigenvalue weighted by molar-refractivity contribution is 5.49. The molecule has 84 valence electrons. The Morgan fingerprint density at radius 1 is 1.25 bits per heavy atom. The van der Waals surface area contributed by atoms with Gasteiger partial charge in [0.05, 0.1) is 13.2 Å². The number of hydrogen-bond donors (Lipinski definition) is 0. The lowest BCUT2D eigenvalue weighted by Crippen LogP contribution is -2.36. The number of nitriles is 1. The van der Waals surface area contributed by atoms with E-state index in [4.69, 9.17) is 14.7 Å². The molecule has 0 aliphatic carbocycles. The summed E-state index contributed by atoms with van der Waals surface area (Å²) in [7, 11) is 0. The third kappa shape index (κ3) is 2.65. The third-order valence-electron chi connectivity index (χ3n) is 2.52. The van der Waals surface area contributed by atoms with E-state index in [2.05, 4.69) is 4.90 Å². The third-order valence-corrected chi connectivity index (χ3v) is 2.52. The van der Waals surface area contributed by atoms with E-state index in [0.717, 1.165) is 32.1 Å². The average Bonchev–Trinajstić information content (AvgIpc) is 2.38. The molecule has 0 radical (unpaired) electrons. The van der Waals surface area contributed by atoms with Gasteiger partial charge in [0.1, 0.15) is 11.8 Å². The summed E-state index contributed by atoms with van der Waals surface area (Å²) in [6.45, 7) is 3.52. The predicted molar refractivity (Wildman–Crippen MR) is 60.6 cm³/mol. The maximum absolute atomic E-state index is 8.39. The van der Waals surface area contributed by atoms with Crippen molar-refractivity contribution < 1.29 is 9.47 Å². The second-order valence-electron chi connectivity index (χ2n) is 3.54. The van der Waals surface area contributed by atoms with E-state index >= 15 is 0 Å². The first kappa shape index (κ1) is 10.8. The van der Waals surface area contributed by atoms with Gasteiger partial charge in [-0.3, -0.25) is 0 Å². The Kier molecular flexibility index (Phi) is 3.62. The van der Waals surface area contributed by atoms with E-state index in [0.29, 0.717) is 0 Å². The first-order chi connectivity index (χ1) is 7.90. The van der Waals surface area contributed by atoms with Crippen LogP contribution in [0.4, 0.5) is 5.69 Å². The van der Waals surface area contributed by atoms with Crippen LogP contribution in [-0.2, 0) is 4.74 Å². The van der Waals surface area contributed by atoms with Crippen molar-refractivity contribution in [2.24, 2.45) is 0 Å². The number of hydrogen-bond acceptors (Lipinski definition) is 4. The second-order valence-corrected chi connectivity index (χ2v) is 3.54. The van der Waals surface area contributed by atoms with Gasteiger partial charge >= 0.3 is 0 Å². The summed E-state index contributed by atoms with van der Waals surface area (Å²) < 4.78 is 10.5. The second kappa shape index (κ2) is 5.38. The molecule has 1 aliphatic rings. The maximum Gasteiger partial charge on any atom is 0.174 e. The molecular weight excluding hydrogens is 204 g/mol. The lowest BCUT2D eigenvalue weighted by molar-refractivity contribution is 0.122. The van der Waals surface area contributed by atoms with Gasteiger partial charge in [0, 0.05) is 18.8 Å². The van der Waals surface area contributed by atoms with Crippen molar-refractivity contribution in [1.29, 1.82) is 5.26 Å². The Balaban J connectivity index is 1.98. The molecule has 0 spiro atoms. The Morgan fingerprint density at radius 3 is 2.56 bits per heavy atom. The van der Waals surface area contributed by atoms with Gasteiger partial charge in [-0.25, -0.2) is 0 Å². The molecule has 0 atom stereocenters. The molecule has 1 fully saturated rings. The van der Waals surface area contributed by atoms with Gasteiger partial charge in [-0.1, -0.05) is 0 Å². The van der Waals surface area contributed by atoms with E-state index in [9.17, 15) is 0 Å². The molecule has 0 saturated carbocycles. The van der Waals surface area contributed by atoms with Crippen LogP contribution in [0.3, 0.4) is 0 Å². The van der Waals surface area contributed by atoms with Crippen LogP contribution in [0.25, 0.3) is 0 Å². The van der Waals surface area contributed by atoms with Crippen molar-refractivity contribution in [3.63, 3.8) is 0 Å². The largest absolute Gasteiger partial charge is 0.479 e. The van der Waals surface area contributed by atoms with Crippen molar-refractivity contribution in [1.82, 2.24) is 0 Å². The summed E-state index contributed by atoms with van der Waals surface area (Å²) in [6.07, 6.45) is 0. The standard InChI is InChI=1S/C12H14N2O2/c13-5-8-16-12-3-1-11(2-4-12)14-6-9-15-10-7-14/h1-4H,6-10H2. The summed E-state index contributed by atoms with van der Waals surface area (Å²) in [4.78, 5) is 2.28. The van der Waals surface area contributed by atoms with E-state index in [1.165, 1.54) is 5.69 Å². The van der Waals surface area contributed by atoms with Crippen LogP contribution in [0.5, 0.6) is 5.75 Å². The van der Waals surface area contributed by atoms with Crippen molar-refractivity contribution in [2.75, 3.05) is 37.8 Å². The predicted octanol–water partition coefficient (Wildman–Crippen LogP) is 1.43. The van der Waals surface area contributed by atoms with Gasteiger partial charge in [0.15, 0.2) is 6.61 Å². The van der Waals surface area contributed by atoms with E-state index < -0.39 is 0 Å². The molecule has 0 unspecified atom stereocenters. The molecule has 1 aliphatic heterocycles. The highest BCUT2D eigenvalue weighted by Gasteiger charge is 2.10.